The molecule has 4 rings (SSSR count). The first-order valence-electron chi connectivity index (χ1n) is 11.7. The third kappa shape index (κ3) is 4.98. The van der Waals surface area contributed by atoms with Crippen molar-refractivity contribution >= 4 is 29.0 Å². The average molecular weight is 525 g/mol. The number of carbonyl (C=O) groups excluding carboxylic acids is 2. The lowest BCUT2D eigenvalue weighted by atomic mass is 10.0. The highest BCUT2D eigenvalue weighted by Gasteiger charge is 2.22. The van der Waals surface area contributed by atoms with Crippen LogP contribution in [0.2, 0.25) is 0 Å². The molecule has 4 aromatic rings. The molecule has 0 aliphatic carbocycles. The first kappa shape index (κ1) is 26.5. The number of nitrogens with zero attached hydrogens (tertiary/aromatic N) is 3. The average Bonchev–Trinajstić information content (AvgIpc) is 3.37. The first-order chi connectivity index (χ1) is 18.3. The predicted molar refractivity (Wildman–Crippen MR) is 136 cm³/mol. The van der Waals surface area contributed by atoms with Crippen molar-refractivity contribution in [3.63, 3.8) is 0 Å². The molecule has 0 radical (unpaired) electrons. The van der Waals surface area contributed by atoms with Crippen LogP contribution in [-0.4, -0.2) is 53.1 Å². The van der Waals surface area contributed by atoms with Crippen LogP contribution >= 0.6 is 0 Å². The second-order valence-electron chi connectivity index (χ2n) is 8.19. The van der Waals surface area contributed by atoms with Gasteiger partial charge in [0.2, 0.25) is 5.82 Å². The number of halogens is 2. The summed E-state index contributed by atoms with van der Waals surface area (Å²) in [6, 6.07) is 6.87. The minimum absolute atomic E-state index is 0.0133. The van der Waals surface area contributed by atoms with E-state index in [1.165, 1.54) is 38.7 Å². The smallest absolute Gasteiger partial charge is 0.329 e. The van der Waals surface area contributed by atoms with Crippen molar-refractivity contribution in [2.45, 2.75) is 19.4 Å². The monoisotopic (exact) mass is 524 g/mol. The Bertz CT molecular complexity index is 1510. The zero-order chi connectivity index (χ0) is 27.4. The number of nitrogens with two attached hydrogens (primary N) is 1. The van der Waals surface area contributed by atoms with Crippen molar-refractivity contribution < 1.29 is 27.8 Å². The first-order valence-corrected chi connectivity index (χ1v) is 11.7. The van der Waals surface area contributed by atoms with E-state index in [2.05, 4.69) is 25.3 Å². The van der Waals surface area contributed by atoms with Crippen LogP contribution in [0.1, 0.15) is 22.8 Å². The summed E-state index contributed by atoms with van der Waals surface area (Å²) >= 11 is 0. The fourth-order valence-corrected chi connectivity index (χ4v) is 4.01. The van der Waals surface area contributed by atoms with Gasteiger partial charge < -0.3 is 25.8 Å². The maximum absolute atomic E-state index is 14.7. The minimum Gasteiger partial charge on any atom is -0.494 e. The van der Waals surface area contributed by atoms with E-state index < -0.39 is 29.6 Å². The van der Waals surface area contributed by atoms with E-state index in [1.807, 2.05) is 6.92 Å². The van der Waals surface area contributed by atoms with Crippen LogP contribution in [0.5, 0.6) is 5.75 Å². The van der Waals surface area contributed by atoms with Gasteiger partial charge in [0.05, 0.1) is 26.1 Å². The summed E-state index contributed by atoms with van der Waals surface area (Å²) in [6.07, 6.45) is 5.04. The summed E-state index contributed by atoms with van der Waals surface area (Å²) in [4.78, 5) is 33.3. The third-order valence-corrected chi connectivity index (χ3v) is 5.99. The maximum atomic E-state index is 14.7. The van der Waals surface area contributed by atoms with E-state index >= 15 is 0 Å². The predicted octanol–water partition coefficient (Wildman–Crippen LogP) is 3.22. The standard InChI is InChI=1S/C26H26F2N6O4/c1-4-14-11-15(5-6-16(14)25(35)33-18(12-29)26(36)38-3)32-23-24-31-13-19(34(24)10-9-30-23)17-7-8-20(37-2)22(28)21(17)27/h5-11,13,18H,4,12,29H2,1-3H3,(H,30,32)(H,33,35). The van der Waals surface area contributed by atoms with Gasteiger partial charge in [0.15, 0.2) is 23.0 Å². The van der Waals surface area contributed by atoms with Crippen LogP contribution < -0.4 is 21.1 Å². The van der Waals surface area contributed by atoms with Crippen LogP contribution in [0.25, 0.3) is 16.9 Å². The number of nitrogens with one attached hydrogen (secondary N) is 2. The molecule has 0 aliphatic rings. The highest BCUT2D eigenvalue weighted by atomic mass is 19.2. The molecule has 38 heavy (non-hydrogen) atoms. The number of aryl methyl sites for hydroxylation is 1. The van der Waals surface area contributed by atoms with Gasteiger partial charge in [0.25, 0.3) is 5.91 Å². The fourth-order valence-electron chi connectivity index (χ4n) is 4.01. The molecule has 12 heteroatoms. The molecule has 4 N–H and O–H groups in total. The van der Waals surface area contributed by atoms with E-state index in [0.29, 0.717) is 40.4 Å². The molecule has 1 amide bonds. The number of amides is 1. The molecule has 10 nitrogen and oxygen atoms in total. The van der Waals surface area contributed by atoms with Crippen molar-refractivity contribution in [1.29, 1.82) is 0 Å². The molecular formula is C26H26F2N6O4. The molecule has 2 heterocycles. The molecule has 1 atom stereocenters. The number of rotatable bonds is 9. The molecule has 198 valence electrons. The van der Waals surface area contributed by atoms with Crippen LogP contribution in [0.4, 0.5) is 20.3 Å². The molecule has 0 saturated carbocycles. The Labute approximate surface area is 216 Å². The molecule has 0 spiro atoms. The van der Waals surface area contributed by atoms with Gasteiger partial charge in [0.1, 0.15) is 6.04 Å². The highest BCUT2D eigenvalue weighted by Crippen LogP contribution is 2.31. The topological polar surface area (TPSA) is 133 Å². The van der Waals surface area contributed by atoms with E-state index in [9.17, 15) is 18.4 Å². The normalized spacial score (nSPS) is 11.7. The number of aromatic nitrogens is 3. The van der Waals surface area contributed by atoms with Gasteiger partial charge >= 0.3 is 5.97 Å². The SMILES string of the molecule is CCc1cc(Nc2nccn3c(-c4ccc(OC)c(F)c4F)cnc23)ccc1C(=O)NC(CN)C(=O)OC. The van der Waals surface area contributed by atoms with E-state index in [-0.39, 0.29) is 17.9 Å². The summed E-state index contributed by atoms with van der Waals surface area (Å²) in [7, 11) is 2.48. The molecule has 0 bridgehead atoms. The molecule has 0 aliphatic heterocycles. The Kier molecular flexibility index (Phi) is 7.82. The number of imidazole rings is 1. The summed E-state index contributed by atoms with van der Waals surface area (Å²) < 4.78 is 40.2. The molecule has 2 aromatic carbocycles. The fraction of sp³-hybridized carbons (Fsp3) is 0.231. The summed E-state index contributed by atoms with van der Waals surface area (Å²) in [5.74, 6) is -3.07. The Morgan fingerprint density at radius 1 is 1.13 bits per heavy atom. The Balaban J connectivity index is 1.63. The van der Waals surface area contributed by atoms with E-state index in [1.54, 1.807) is 28.8 Å². The van der Waals surface area contributed by atoms with Crippen molar-refractivity contribution in [3.05, 3.63) is 71.7 Å². The number of fused-ring (bicyclic) bond motifs is 1. The van der Waals surface area contributed by atoms with Crippen LogP contribution in [0.3, 0.4) is 0 Å². The van der Waals surface area contributed by atoms with Gasteiger partial charge in [0, 0.05) is 35.8 Å². The van der Waals surface area contributed by atoms with Crippen molar-refractivity contribution in [2.75, 3.05) is 26.1 Å². The number of carbonyl (C=O) groups is 2. The van der Waals surface area contributed by atoms with Crippen molar-refractivity contribution in [2.24, 2.45) is 5.73 Å². The number of hydrogen-bond acceptors (Lipinski definition) is 8. The second kappa shape index (κ2) is 11.2. The quantitative estimate of drug-likeness (QED) is 0.284. The van der Waals surface area contributed by atoms with Gasteiger partial charge in [-0.05, 0) is 42.3 Å². The number of benzene rings is 2. The largest absolute Gasteiger partial charge is 0.494 e. The lowest BCUT2D eigenvalue weighted by Crippen LogP contribution is -2.46. The van der Waals surface area contributed by atoms with E-state index in [4.69, 9.17) is 10.5 Å². The van der Waals surface area contributed by atoms with Gasteiger partial charge in [-0.25, -0.2) is 19.2 Å². The van der Waals surface area contributed by atoms with Gasteiger partial charge in [-0.15, -0.1) is 0 Å². The van der Waals surface area contributed by atoms with E-state index in [0.717, 1.165) is 0 Å². The van der Waals surface area contributed by atoms with Gasteiger partial charge in [-0.2, -0.15) is 4.39 Å². The molecule has 1 unspecified atom stereocenters. The van der Waals surface area contributed by atoms with Gasteiger partial charge in [-0.3, -0.25) is 9.20 Å². The minimum atomic E-state index is -1.09. The summed E-state index contributed by atoms with van der Waals surface area (Å²) in [5.41, 5.74) is 8.01. The molecule has 2 aromatic heterocycles. The zero-order valence-electron chi connectivity index (χ0n) is 20.9. The van der Waals surface area contributed by atoms with Crippen LogP contribution in [-0.2, 0) is 16.0 Å². The summed E-state index contributed by atoms with van der Waals surface area (Å²) in [5, 5.41) is 5.75. The number of anilines is 2. The number of esters is 1. The van der Waals surface area contributed by atoms with Crippen molar-refractivity contribution in [1.82, 2.24) is 19.7 Å². The Hall–Kier alpha value is -4.58. The summed E-state index contributed by atoms with van der Waals surface area (Å²) in [6.45, 7) is 1.79. The Morgan fingerprint density at radius 3 is 2.61 bits per heavy atom. The molecule has 0 saturated heterocycles. The zero-order valence-corrected chi connectivity index (χ0v) is 20.9. The number of ether oxygens (including phenoxy) is 2. The number of methoxy groups -OCH3 is 2. The Morgan fingerprint density at radius 2 is 1.92 bits per heavy atom. The molecular weight excluding hydrogens is 498 g/mol. The second-order valence-corrected chi connectivity index (χ2v) is 8.19. The lowest BCUT2D eigenvalue weighted by Gasteiger charge is -2.16. The molecule has 0 fully saturated rings. The number of hydrogen-bond donors (Lipinski definition) is 3. The van der Waals surface area contributed by atoms with Crippen LogP contribution in [0, 0.1) is 11.6 Å². The van der Waals surface area contributed by atoms with Crippen LogP contribution in [0.15, 0.2) is 48.9 Å². The highest BCUT2D eigenvalue weighted by molar-refractivity contribution is 5.98. The maximum Gasteiger partial charge on any atom is 0.329 e. The third-order valence-electron chi connectivity index (χ3n) is 5.99. The lowest BCUT2D eigenvalue weighted by molar-refractivity contribution is -0.142. The van der Waals surface area contributed by atoms with Crippen molar-refractivity contribution in [3.8, 4) is 17.0 Å². The van der Waals surface area contributed by atoms with Gasteiger partial charge in [-0.1, -0.05) is 6.92 Å².